The zero-order chi connectivity index (χ0) is 23.2. The molecule has 0 N–H and O–H groups in total. The van der Waals surface area contributed by atoms with E-state index in [9.17, 15) is 0 Å². The highest BCUT2D eigenvalue weighted by atomic mass is 35.5. The number of halogens is 1. The van der Waals surface area contributed by atoms with E-state index in [1.807, 2.05) is 0 Å². The van der Waals surface area contributed by atoms with Crippen molar-refractivity contribution < 1.29 is 0 Å². The van der Waals surface area contributed by atoms with Crippen LogP contribution in [0.15, 0.2) is 60.7 Å². The minimum Gasteiger partial charge on any atom is -0.0830 e. The Labute approximate surface area is 194 Å². The smallest absolute Gasteiger partial charge is 0.0562 e. The Morgan fingerprint density at radius 1 is 0.452 bits per heavy atom. The third-order valence-electron chi connectivity index (χ3n) is 6.06. The van der Waals surface area contributed by atoms with Gasteiger partial charge in [0.2, 0.25) is 0 Å². The molecule has 0 aromatic heterocycles. The van der Waals surface area contributed by atoms with E-state index in [-0.39, 0.29) is 16.2 Å². The van der Waals surface area contributed by atoms with Crippen LogP contribution in [-0.4, -0.2) is 0 Å². The monoisotopic (exact) mass is 432 g/mol. The van der Waals surface area contributed by atoms with Crippen LogP contribution in [-0.2, 0) is 16.2 Å². The van der Waals surface area contributed by atoms with Crippen molar-refractivity contribution >= 4 is 11.6 Å². The molecule has 0 bridgehead atoms. The van der Waals surface area contributed by atoms with Crippen LogP contribution in [0.25, 0.3) is 22.3 Å². The summed E-state index contributed by atoms with van der Waals surface area (Å²) in [6.07, 6.45) is 0. The van der Waals surface area contributed by atoms with Crippen LogP contribution in [0.2, 0.25) is 5.02 Å². The van der Waals surface area contributed by atoms with Gasteiger partial charge in [-0.15, -0.1) is 0 Å². The second-order valence-corrected chi connectivity index (χ2v) is 12.2. The van der Waals surface area contributed by atoms with Gasteiger partial charge < -0.3 is 0 Å². The summed E-state index contributed by atoms with van der Waals surface area (Å²) in [7, 11) is 0. The maximum atomic E-state index is 7.06. The lowest BCUT2D eigenvalue weighted by molar-refractivity contribution is 0.590. The Morgan fingerprint density at radius 3 is 1.00 bits per heavy atom. The summed E-state index contributed by atoms with van der Waals surface area (Å²) in [4.78, 5) is 0. The molecule has 0 unspecified atom stereocenters. The van der Waals surface area contributed by atoms with Crippen molar-refractivity contribution in [1.29, 1.82) is 0 Å². The van der Waals surface area contributed by atoms with Gasteiger partial charge in [0.15, 0.2) is 0 Å². The molecule has 3 rings (SSSR count). The van der Waals surface area contributed by atoms with E-state index in [1.54, 1.807) is 0 Å². The SMILES string of the molecule is CC(C)(C)c1ccc(-c2cc(C(C)(C)C)cc(-c3ccc(C(C)(C)C)cc3)c2Cl)cc1. The lowest BCUT2D eigenvalue weighted by atomic mass is 9.82. The van der Waals surface area contributed by atoms with Gasteiger partial charge in [-0.2, -0.15) is 0 Å². The molecular weight excluding hydrogens is 396 g/mol. The Bertz CT molecular complexity index is 969. The first-order chi connectivity index (χ1) is 14.2. The Morgan fingerprint density at radius 2 is 0.742 bits per heavy atom. The predicted molar refractivity (Wildman–Crippen MR) is 138 cm³/mol. The van der Waals surface area contributed by atoms with Gasteiger partial charge in [-0.05, 0) is 56.2 Å². The van der Waals surface area contributed by atoms with Crippen LogP contribution < -0.4 is 0 Å². The van der Waals surface area contributed by atoms with Gasteiger partial charge in [-0.3, -0.25) is 0 Å². The topological polar surface area (TPSA) is 0 Å². The summed E-state index contributed by atoms with van der Waals surface area (Å²) in [5.41, 5.74) is 8.79. The summed E-state index contributed by atoms with van der Waals surface area (Å²) in [6.45, 7) is 20.2. The molecule has 0 aliphatic rings. The second kappa shape index (κ2) is 8.14. The van der Waals surface area contributed by atoms with Crippen molar-refractivity contribution in [2.24, 2.45) is 0 Å². The Hall–Kier alpha value is -2.05. The fourth-order valence-electron chi connectivity index (χ4n) is 3.78. The molecule has 0 atom stereocenters. The Balaban J connectivity index is 2.17. The van der Waals surface area contributed by atoms with Crippen LogP contribution in [0.4, 0.5) is 0 Å². The largest absolute Gasteiger partial charge is 0.0830 e. The minimum absolute atomic E-state index is 0.0325. The van der Waals surface area contributed by atoms with Crippen LogP contribution in [0.5, 0.6) is 0 Å². The van der Waals surface area contributed by atoms with Gasteiger partial charge in [0.05, 0.1) is 5.02 Å². The molecule has 0 saturated carbocycles. The van der Waals surface area contributed by atoms with Crippen LogP contribution in [0.1, 0.15) is 79.0 Å². The molecule has 0 nitrogen and oxygen atoms in total. The molecule has 0 amide bonds. The molecule has 3 aromatic carbocycles. The van der Waals surface area contributed by atoms with E-state index in [4.69, 9.17) is 11.6 Å². The average molecular weight is 433 g/mol. The fourth-order valence-corrected chi connectivity index (χ4v) is 4.10. The first-order valence-electron chi connectivity index (χ1n) is 11.2. The van der Waals surface area contributed by atoms with Crippen molar-refractivity contribution in [2.45, 2.75) is 78.6 Å². The molecule has 0 saturated heterocycles. The fraction of sp³-hybridized carbons (Fsp3) is 0.400. The van der Waals surface area contributed by atoms with Crippen molar-refractivity contribution in [2.75, 3.05) is 0 Å². The lowest BCUT2D eigenvalue weighted by Gasteiger charge is -2.24. The van der Waals surface area contributed by atoms with Crippen molar-refractivity contribution in [3.63, 3.8) is 0 Å². The van der Waals surface area contributed by atoms with E-state index in [1.165, 1.54) is 16.7 Å². The molecule has 3 aromatic rings. The van der Waals surface area contributed by atoms with Crippen molar-refractivity contribution in [3.8, 4) is 22.3 Å². The van der Waals surface area contributed by atoms with E-state index in [2.05, 4.69) is 123 Å². The van der Waals surface area contributed by atoms with E-state index < -0.39 is 0 Å². The van der Waals surface area contributed by atoms with Gasteiger partial charge >= 0.3 is 0 Å². The standard InChI is InChI=1S/C30H37Cl/c1-28(2,3)22-14-10-20(11-15-22)25-18-24(30(7,8)9)19-26(27(25)31)21-12-16-23(17-13-21)29(4,5)6/h10-19H,1-9H3. The van der Waals surface area contributed by atoms with E-state index in [0.29, 0.717) is 0 Å². The highest BCUT2D eigenvalue weighted by Crippen LogP contribution is 2.41. The normalized spacial score (nSPS) is 12.8. The lowest BCUT2D eigenvalue weighted by Crippen LogP contribution is -2.12. The first-order valence-corrected chi connectivity index (χ1v) is 11.6. The van der Waals surface area contributed by atoms with Gasteiger partial charge in [0, 0.05) is 11.1 Å². The highest BCUT2D eigenvalue weighted by molar-refractivity contribution is 6.36. The molecule has 0 fully saturated rings. The van der Waals surface area contributed by atoms with Crippen molar-refractivity contribution in [1.82, 2.24) is 0 Å². The zero-order valence-corrected chi connectivity index (χ0v) is 21.4. The predicted octanol–water partition coefficient (Wildman–Crippen LogP) is 9.57. The molecule has 164 valence electrons. The maximum Gasteiger partial charge on any atom is 0.0562 e. The zero-order valence-electron chi connectivity index (χ0n) is 20.7. The summed E-state index contributed by atoms with van der Waals surface area (Å²) in [6, 6.07) is 22.3. The maximum absolute atomic E-state index is 7.06. The van der Waals surface area contributed by atoms with Gasteiger partial charge in [0.1, 0.15) is 0 Å². The second-order valence-electron chi connectivity index (χ2n) is 11.8. The molecule has 0 heterocycles. The molecule has 0 spiro atoms. The Kier molecular flexibility index (Phi) is 6.20. The summed E-state index contributed by atoms with van der Waals surface area (Å²) >= 11 is 7.06. The highest BCUT2D eigenvalue weighted by Gasteiger charge is 2.21. The van der Waals surface area contributed by atoms with Crippen LogP contribution >= 0.6 is 11.6 Å². The third-order valence-corrected chi connectivity index (χ3v) is 6.47. The summed E-state index contributed by atoms with van der Waals surface area (Å²) in [5.74, 6) is 0. The number of hydrogen-bond donors (Lipinski definition) is 0. The molecular formula is C30H37Cl. The molecule has 0 aliphatic carbocycles. The van der Waals surface area contributed by atoms with Crippen molar-refractivity contribution in [3.05, 3.63) is 82.4 Å². The van der Waals surface area contributed by atoms with E-state index in [0.717, 1.165) is 27.3 Å². The molecule has 0 radical (unpaired) electrons. The minimum atomic E-state index is 0.0325. The summed E-state index contributed by atoms with van der Waals surface area (Å²) < 4.78 is 0. The van der Waals surface area contributed by atoms with E-state index >= 15 is 0 Å². The number of rotatable bonds is 2. The average Bonchev–Trinajstić information content (AvgIpc) is 2.66. The quantitative estimate of drug-likeness (QED) is 0.378. The number of hydrogen-bond acceptors (Lipinski definition) is 0. The van der Waals surface area contributed by atoms with Gasteiger partial charge in [-0.25, -0.2) is 0 Å². The van der Waals surface area contributed by atoms with Crippen LogP contribution in [0.3, 0.4) is 0 Å². The van der Waals surface area contributed by atoms with Gasteiger partial charge in [-0.1, -0.05) is 122 Å². The first kappa shape index (κ1) is 23.6. The van der Waals surface area contributed by atoms with Gasteiger partial charge in [0.25, 0.3) is 0 Å². The molecule has 31 heavy (non-hydrogen) atoms. The molecule has 1 heteroatoms. The summed E-state index contributed by atoms with van der Waals surface area (Å²) in [5, 5.41) is 0.819. The molecule has 0 aliphatic heterocycles. The number of benzene rings is 3. The third kappa shape index (κ3) is 5.24. The van der Waals surface area contributed by atoms with Crippen LogP contribution in [0, 0.1) is 0 Å².